The number of carboxylic acids is 2. The van der Waals surface area contributed by atoms with Crippen molar-refractivity contribution in [3.8, 4) is 0 Å². The standard InChI is InChI=1S/C18H34O7S.2H3N/c1-5-9-13(10-6-2)15(16(19)20)18(17(21)22,26(23,24)25)14(11-7-3)12-8-4;;/h13-15H,5-12H2,1-4H3,(H,19,20)(H,21,22)(H,23,24,25);2*1H3. The lowest BCUT2D eigenvalue weighted by molar-refractivity contribution is -0.157. The van der Waals surface area contributed by atoms with Crippen molar-refractivity contribution in [2.24, 2.45) is 17.8 Å². The first-order chi connectivity index (χ1) is 12.1. The second-order valence-corrected chi connectivity index (χ2v) is 8.63. The van der Waals surface area contributed by atoms with E-state index in [0.717, 1.165) is 0 Å². The average Bonchev–Trinajstić information content (AvgIpc) is 2.50. The molecular weight excluding hydrogens is 388 g/mol. The Morgan fingerprint density at radius 2 is 1.18 bits per heavy atom. The number of carboxylic acid groups (broad SMARTS) is 2. The van der Waals surface area contributed by atoms with Gasteiger partial charge in [-0.05, 0) is 37.5 Å². The fourth-order valence-electron chi connectivity index (χ4n) is 4.27. The van der Waals surface area contributed by atoms with Gasteiger partial charge in [0.1, 0.15) is 0 Å². The van der Waals surface area contributed by atoms with Crippen molar-refractivity contribution in [3.05, 3.63) is 0 Å². The molecule has 0 aliphatic carbocycles. The Morgan fingerprint density at radius 3 is 1.39 bits per heavy atom. The maximum Gasteiger partial charge on any atom is 0.328 e. The second kappa shape index (κ2) is 13.9. The van der Waals surface area contributed by atoms with E-state index in [9.17, 15) is 32.8 Å². The van der Waals surface area contributed by atoms with Gasteiger partial charge in [0.05, 0.1) is 5.92 Å². The van der Waals surface area contributed by atoms with Crippen molar-refractivity contribution in [2.75, 3.05) is 0 Å². The number of carbonyl (C=O) groups is 2. The Hall–Kier alpha value is -1.23. The van der Waals surface area contributed by atoms with Gasteiger partial charge in [0.15, 0.2) is 0 Å². The third kappa shape index (κ3) is 6.68. The minimum Gasteiger partial charge on any atom is -0.481 e. The summed E-state index contributed by atoms with van der Waals surface area (Å²) in [7, 11) is -5.18. The van der Waals surface area contributed by atoms with Crippen LogP contribution < -0.4 is 12.3 Å². The normalized spacial score (nSPS) is 14.7. The van der Waals surface area contributed by atoms with Crippen LogP contribution in [0.2, 0.25) is 0 Å². The molecule has 0 saturated heterocycles. The molecule has 0 aromatic heterocycles. The summed E-state index contributed by atoms with van der Waals surface area (Å²) in [5.41, 5.74) is 0. The van der Waals surface area contributed by atoms with E-state index in [4.69, 9.17) is 0 Å². The molecule has 0 heterocycles. The highest BCUT2D eigenvalue weighted by molar-refractivity contribution is 7.88. The molecule has 0 amide bonds. The van der Waals surface area contributed by atoms with Gasteiger partial charge in [-0.15, -0.1) is 0 Å². The Morgan fingerprint density at radius 1 is 0.821 bits per heavy atom. The average molecular weight is 429 g/mol. The van der Waals surface area contributed by atoms with Crippen LogP contribution in [-0.2, 0) is 19.7 Å². The van der Waals surface area contributed by atoms with Gasteiger partial charge in [-0.3, -0.25) is 14.1 Å². The van der Waals surface area contributed by atoms with E-state index in [2.05, 4.69) is 0 Å². The van der Waals surface area contributed by atoms with Crippen LogP contribution in [0.4, 0.5) is 0 Å². The van der Waals surface area contributed by atoms with E-state index in [1.165, 1.54) is 0 Å². The van der Waals surface area contributed by atoms with Crippen molar-refractivity contribution in [1.82, 2.24) is 12.3 Å². The Bertz CT molecular complexity index is 556. The summed E-state index contributed by atoms with van der Waals surface area (Å²) in [6.07, 6.45) is 3.40. The predicted octanol–water partition coefficient (Wildman–Crippen LogP) is 4.16. The van der Waals surface area contributed by atoms with Gasteiger partial charge in [0, 0.05) is 0 Å². The van der Waals surface area contributed by atoms with E-state index in [1.54, 1.807) is 13.8 Å². The molecule has 2 atom stereocenters. The molecular formula is C18H40N2O7S. The molecule has 0 aromatic carbocycles. The smallest absolute Gasteiger partial charge is 0.328 e. The lowest BCUT2D eigenvalue weighted by atomic mass is 9.69. The summed E-state index contributed by atoms with van der Waals surface area (Å²) in [4.78, 5) is 24.5. The van der Waals surface area contributed by atoms with Gasteiger partial charge in [0.25, 0.3) is 10.1 Å². The lowest BCUT2D eigenvalue weighted by Gasteiger charge is -2.41. The molecule has 2 unspecified atom stereocenters. The third-order valence-electron chi connectivity index (χ3n) is 5.16. The zero-order valence-electron chi connectivity index (χ0n) is 17.7. The lowest BCUT2D eigenvalue weighted by Crippen LogP contribution is -2.61. The minimum absolute atomic E-state index is 0. The van der Waals surface area contributed by atoms with Crippen molar-refractivity contribution in [2.45, 2.75) is 83.8 Å². The van der Waals surface area contributed by atoms with E-state index in [1.807, 2.05) is 13.8 Å². The summed E-state index contributed by atoms with van der Waals surface area (Å²) >= 11 is 0. The molecule has 0 fully saturated rings. The van der Waals surface area contributed by atoms with Crippen LogP contribution in [0.25, 0.3) is 0 Å². The van der Waals surface area contributed by atoms with Crippen LogP contribution in [0.3, 0.4) is 0 Å². The maximum atomic E-state index is 12.5. The molecule has 0 saturated carbocycles. The van der Waals surface area contributed by atoms with Gasteiger partial charge >= 0.3 is 11.9 Å². The summed E-state index contributed by atoms with van der Waals surface area (Å²) in [6, 6.07) is 0. The molecule has 28 heavy (non-hydrogen) atoms. The number of hydrogen-bond acceptors (Lipinski definition) is 6. The van der Waals surface area contributed by atoms with Crippen molar-refractivity contribution >= 4 is 22.1 Å². The summed E-state index contributed by atoms with van der Waals surface area (Å²) in [5.74, 6) is -6.55. The quantitative estimate of drug-likeness (QED) is 0.252. The van der Waals surface area contributed by atoms with Gasteiger partial charge in [-0.2, -0.15) is 8.42 Å². The zero-order valence-corrected chi connectivity index (χ0v) is 18.5. The number of rotatable bonds is 14. The molecule has 0 aliphatic rings. The first-order valence-corrected chi connectivity index (χ1v) is 10.9. The molecule has 0 spiro atoms. The van der Waals surface area contributed by atoms with Crippen LogP contribution in [0.5, 0.6) is 0 Å². The largest absolute Gasteiger partial charge is 0.481 e. The summed E-state index contributed by atoms with van der Waals surface area (Å²) in [6.45, 7) is 7.25. The monoisotopic (exact) mass is 428 g/mol. The van der Waals surface area contributed by atoms with Crippen molar-refractivity contribution in [3.63, 3.8) is 0 Å². The Kier molecular flexibility index (Phi) is 15.6. The summed E-state index contributed by atoms with van der Waals surface area (Å²) in [5, 5.41) is 19.9. The van der Waals surface area contributed by atoms with Crippen LogP contribution in [0.15, 0.2) is 0 Å². The molecule has 0 bridgehead atoms. The fourth-order valence-corrected chi connectivity index (χ4v) is 5.76. The first kappa shape index (κ1) is 31.5. The van der Waals surface area contributed by atoms with Gasteiger partial charge in [0.2, 0.25) is 4.75 Å². The number of hydrogen-bond donors (Lipinski definition) is 5. The maximum absolute atomic E-state index is 12.5. The van der Waals surface area contributed by atoms with Crippen LogP contribution in [-0.4, -0.2) is 39.9 Å². The molecule has 9 nitrogen and oxygen atoms in total. The first-order valence-electron chi connectivity index (χ1n) is 9.49. The van der Waals surface area contributed by atoms with Gasteiger partial charge in [-0.25, -0.2) is 0 Å². The molecule has 9 N–H and O–H groups in total. The molecule has 0 aliphatic heterocycles. The van der Waals surface area contributed by atoms with Crippen molar-refractivity contribution in [1.29, 1.82) is 0 Å². The number of aliphatic carboxylic acids is 2. The summed E-state index contributed by atoms with van der Waals surface area (Å²) < 4.78 is 32.2. The molecule has 170 valence electrons. The Labute approximate surface area is 169 Å². The molecule has 10 heteroatoms. The van der Waals surface area contributed by atoms with Crippen LogP contribution in [0.1, 0.15) is 79.1 Å². The van der Waals surface area contributed by atoms with Crippen LogP contribution in [0, 0.1) is 17.8 Å². The second-order valence-electron chi connectivity index (χ2n) is 7.00. The van der Waals surface area contributed by atoms with E-state index >= 15 is 0 Å². The van der Waals surface area contributed by atoms with Crippen molar-refractivity contribution < 1.29 is 32.8 Å². The van der Waals surface area contributed by atoms with E-state index < -0.39 is 44.6 Å². The highest BCUT2D eigenvalue weighted by Crippen LogP contribution is 2.45. The zero-order chi connectivity index (χ0) is 20.5. The van der Waals surface area contributed by atoms with Gasteiger partial charge in [-0.1, -0.05) is 53.4 Å². The van der Waals surface area contributed by atoms with Crippen LogP contribution >= 0.6 is 0 Å². The third-order valence-corrected chi connectivity index (χ3v) is 6.78. The molecule has 0 radical (unpaired) electrons. The Balaban J connectivity index is -0.00000312. The highest BCUT2D eigenvalue weighted by atomic mass is 32.2. The highest BCUT2D eigenvalue weighted by Gasteiger charge is 2.64. The molecule has 0 rings (SSSR count). The predicted molar refractivity (Wildman–Crippen MR) is 110 cm³/mol. The molecule has 0 aromatic rings. The fraction of sp³-hybridized carbons (Fsp3) is 0.889. The van der Waals surface area contributed by atoms with E-state index in [0.29, 0.717) is 38.5 Å². The van der Waals surface area contributed by atoms with E-state index in [-0.39, 0.29) is 25.1 Å². The minimum atomic E-state index is -5.18. The topological polar surface area (TPSA) is 199 Å². The SMILES string of the molecule is CCCC(CCC)C(C(=O)O)C(C(=O)O)(C(CCC)CCC)S(=O)(=O)O.N.N. The van der Waals surface area contributed by atoms with Gasteiger partial charge < -0.3 is 22.5 Å².